The molecule has 2 atom stereocenters. The summed E-state index contributed by atoms with van der Waals surface area (Å²) < 4.78 is 5.53. The van der Waals surface area contributed by atoms with E-state index in [4.69, 9.17) is 4.74 Å². The topological polar surface area (TPSA) is 38.3 Å². The number of nitrogens with one attached hydrogen (secondary N) is 1. The third-order valence-corrected chi connectivity index (χ3v) is 3.84. The van der Waals surface area contributed by atoms with Crippen molar-refractivity contribution in [3.63, 3.8) is 0 Å². The van der Waals surface area contributed by atoms with E-state index in [0.29, 0.717) is 12.5 Å². The average Bonchev–Trinajstić information content (AvgIpc) is 2.45. The monoisotopic (exact) mass is 275 g/mol. The lowest BCUT2D eigenvalue weighted by Gasteiger charge is -2.27. The number of benzene rings is 1. The molecular weight excluding hydrogens is 250 g/mol. The van der Waals surface area contributed by atoms with Crippen LogP contribution in [0.15, 0.2) is 24.3 Å². The summed E-state index contributed by atoms with van der Waals surface area (Å²) in [6.07, 6.45) is 3.91. The molecule has 20 heavy (non-hydrogen) atoms. The van der Waals surface area contributed by atoms with E-state index in [-0.39, 0.29) is 5.78 Å². The van der Waals surface area contributed by atoms with Crippen molar-refractivity contribution in [1.29, 1.82) is 0 Å². The molecule has 1 aliphatic rings. The van der Waals surface area contributed by atoms with Crippen LogP contribution in [0, 0.1) is 5.92 Å². The summed E-state index contributed by atoms with van der Waals surface area (Å²) in [6, 6.07) is 7.86. The third-order valence-electron chi connectivity index (χ3n) is 3.84. The van der Waals surface area contributed by atoms with E-state index in [9.17, 15) is 4.79 Å². The molecule has 1 aliphatic heterocycles. The zero-order valence-electron chi connectivity index (χ0n) is 12.5. The minimum absolute atomic E-state index is 0.221. The minimum Gasteiger partial charge on any atom is -0.494 e. The van der Waals surface area contributed by atoms with Gasteiger partial charge in [-0.3, -0.25) is 4.79 Å². The Balaban J connectivity index is 1.88. The molecule has 0 spiro atoms. The van der Waals surface area contributed by atoms with Crippen molar-refractivity contribution in [1.82, 2.24) is 5.32 Å². The van der Waals surface area contributed by atoms with Crippen LogP contribution in [0.3, 0.4) is 0 Å². The van der Waals surface area contributed by atoms with Gasteiger partial charge < -0.3 is 10.1 Å². The molecule has 110 valence electrons. The Bertz CT molecular complexity index is 427. The quantitative estimate of drug-likeness (QED) is 0.808. The molecule has 1 heterocycles. The Labute approximate surface area is 121 Å². The second-order valence-electron chi connectivity index (χ2n) is 5.78. The van der Waals surface area contributed by atoms with Crippen LogP contribution in [0.5, 0.6) is 5.75 Å². The fourth-order valence-electron chi connectivity index (χ4n) is 2.67. The molecule has 1 aromatic carbocycles. The van der Waals surface area contributed by atoms with Crippen LogP contribution in [0.1, 0.15) is 49.9 Å². The van der Waals surface area contributed by atoms with Crippen molar-refractivity contribution in [2.75, 3.05) is 13.2 Å². The lowest BCUT2D eigenvalue weighted by Crippen LogP contribution is -2.38. The maximum atomic E-state index is 12.3. The molecule has 0 radical (unpaired) electrons. The second-order valence-corrected chi connectivity index (χ2v) is 5.78. The summed E-state index contributed by atoms with van der Waals surface area (Å²) in [5, 5.41) is 3.44. The fourth-order valence-corrected chi connectivity index (χ4v) is 2.67. The Morgan fingerprint density at radius 3 is 2.75 bits per heavy atom. The molecule has 1 fully saturated rings. The van der Waals surface area contributed by atoms with E-state index < -0.39 is 0 Å². The number of hydrogen-bond acceptors (Lipinski definition) is 3. The minimum atomic E-state index is 0.221. The van der Waals surface area contributed by atoms with Crippen LogP contribution in [-0.4, -0.2) is 25.0 Å². The second kappa shape index (κ2) is 7.44. The van der Waals surface area contributed by atoms with E-state index in [2.05, 4.69) is 19.2 Å². The predicted octanol–water partition coefficient (Wildman–Crippen LogP) is 3.44. The van der Waals surface area contributed by atoms with Gasteiger partial charge in [-0.05, 0) is 56.0 Å². The highest BCUT2D eigenvalue weighted by molar-refractivity contribution is 5.96. The molecular formula is C17H25NO2. The molecule has 0 aromatic heterocycles. The predicted molar refractivity (Wildman–Crippen MR) is 81.4 cm³/mol. The number of hydrogen-bond donors (Lipinski definition) is 1. The molecule has 2 rings (SSSR count). The highest BCUT2D eigenvalue weighted by atomic mass is 16.5. The zero-order valence-corrected chi connectivity index (χ0v) is 12.5. The molecule has 3 heteroatoms. The fraction of sp³-hybridized carbons (Fsp3) is 0.588. The van der Waals surface area contributed by atoms with Gasteiger partial charge in [-0.15, -0.1) is 0 Å². The van der Waals surface area contributed by atoms with Gasteiger partial charge in [-0.25, -0.2) is 0 Å². The van der Waals surface area contributed by atoms with Crippen LogP contribution in [0.4, 0.5) is 0 Å². The number of carbonyl (C=O) groups excluding carboxylic acids is 1. The highest BCUT2D eigenvalue weighted by Crippen LogP contribution is 2.20. The van der Waals surface area contributed by atoms with Gasteiger partial charge in [0.1, 0.15) is 5.75 Å². The Morgan fingerprint density at radius 2 is 2.10 bits per heavy atom. The van der Waals surface area contributed by atoms with E-state index in [1.165, 1.54) is 6.42 Å². The van der Waals surface area contributed by atoms with Gasteiger partial charge in [0.15, 0.2) is 5.78 Å². The lowest BCUT2D eigenvalue weighted by molar-refractivity contribution is 0.0959. The average molecular weight is 275 g/mol. The molecule has 3 nitrogen and oxygen atoms in total. The van der Waals surface area contributed by atoms with Crippen LogP contribution >= 0.6 is 0 Å². The maximum Gasteiger partial charge on any atom is 0.164 e. The molecule has 0 bridgehead atoms. The number of rotatable bonds is 6. The normalized spacial score (nSPS) is 22.5. The maximum absolute atomic E-state index is 12.3. The van der Waals surface area contributed by atoms with Gasteiger partial charge in [-0.1, -0.05) is 13.8 Å². The summed E-state index contributed by atoms with van der Waals surface area (Å²) in [6.45, 7) is 6.09. The highest BCUT2D eigenvalue weighted by Gasteiger charge is 2.21. The molecule has 1 N–H and O–H groups in total. The smallest absolute Gasteiger partial charge is 0.164 e. The van der Waals surface area contributed by atoms with Gasteiger partial charge in [0.25, 0.3) is 0 Å². The van der Waals surface area contributed by atoms with Gasteiger partial charge in [0, 0.05) is 18.0 Å². The van der Waals surface area contributed by atoms with E-state index in [1.54, 1.807) is 0 Å². The van der Waals surface area contributed by atoms with Gasteiger partial charge in [0.2, 0.25) is 0 Å². The summed E-state index contributed by atoms with van der Waals surface area (Å²) in [5.41, 5.74) is 0.786. The van der Waals surface area contributed by atoms with Crippen LogP contribution in [0.25, 0.3) is 0 Å². The molecule has 1 aromatic rings. The van der Waals surface area contributed by atoms with Crippen molar-refractivity contribution in [3.8, 4) is 5.75 Å². The van der Waals surface area contributed by atoms with Crippen molar-refractivity contribution in [2.45, 2.75) is 45.6 Å². The van der Waals surface area contributed by atoms with Gasteiger partial charge >= 0.3 is 0 Å². The molecule has 2 unspecified atom stereocenters. The molecule has 0 saturated carbocycles. The van der Waals surface area contributed by atoms with Gasteiger partial charge in [0.05, 0.1) is 6.61 Å². The first-order valence-corrected chi connectivity index (χ1v) is 7.68. The standard InChI is InChI=1S/C17H25NO2/c1-3-10-20-16-6-4-14(5-7-16)17(19)12-15-11-13(2)8-9-18-15/h4-7,13,15,18H,3,8-12H2,1-2H3. The summed E-state index contributed by atoms with van der Waals surface area (Å²) in [5.74, 6) is 1.78. The Kier molecular flexibility index (Phi) is 5.60. The van der Waals surface area contributed by atoms with E-state index >= 15 is 0 Å². The van der Waals surface area contributed by atoms with E-state index in [0.717, 1.165) is 43.2 Å². The van der Waals surface area contributed by atoms with Crippen molar-refractivity contribution in [3.05, 3.63) is 29.8 Å². The zero-order chi connectivity index (χ0) is 14.4. The molecule has 1 saturated heterocycles. The Hall–Kier alpha value is -1.35. The van der Waals surface area contributed by atoms with E-state index in [1.807, 2.05) is 24.3 Å². The van der Waals surface area contributed by atoms with Crippen molar-refractivity contribution >= 4 is 5.78 Å². The summed E-state index contributed by atoms with van der Waals surface area (Å²) in [4.78, 5) is 12.3. The van der Waals surface area contributed by atoms with Crippen LogP contribution < -0.4 is 10.1 Å². The lowest BCUT2D eigenvalue weighted by atomic mass is 9.90. The number of Topliss-reactive ketones (excluding diaryl/α,β-unsaturated/α-hetero) is 1. The molecule has 0 amide bonds. The number of ether oxygens (including phenoxy) is 1. The number of ketones is 1. The first-order valence-electron chi connectivity index (χ1n) is 7.68. The summed E-state index contributed by atoms with van der Waals surface area (Å²) >= 11 is 0. The SMILES string of the molecule is CCCOc1ccc(C(=O)CC2CC(C)CCN2)cc1. The van der Waals surface area contributed by atoms with Crippen LogP contribution in [-0.2, 0) is 0 Å². The van der Waals surface area contributed by atoms with Crippen LogP contribution in [0.2, 0.25) is 0 Å². The molecule has 0 aliphatic carbocycles. The Morgan fingerprint density at radius 1 is 1.35 bits per heavy atom. The first-order chi connectivity index (χ1) is 9.69. The largest absolute Gasteiger partial charge is 0.494 e. The number of piperidine rings is 1. The van der Waals surface area contributed by atoms with Gasteiger partial charge in [-0.2, -0.15) is 0 Å². The van der Waals surface area contributed by atoms with Crippen molar-refractivity contribution < 1.29 is 9.53 Å². The number of carbonyl (C=O) groups is 1. The summed E-state index contributed by atoms with van der Waals surface area (Å²) in [7, 11) is 0. The first kappa shape index (κ1) is 15.0. The van der Waals surface area contributed by atoms with Crippen molar-refractivity contribution in [2.24, 2.45) is 5.92 Å². The third kappa shape index (κ3) is 4.34.